The van der Waals surface area contributed by atoms with Gasteiger partial charge in [-0.3, -0.25) is 14.5 Å². The van der Waals surface area contributed by atoms with Crippen LogP contribution in [0.4, 0.5) is 5.13 Å². The molecule has 5 rings (SSSR count). The van der Waals surface area contributed by atoms with Gasteiger partial charge in [0.2, 0.25) is 11.0 Å². The Balaban J connectivity index is 1.46. The Morgan fingerprint density at radius 2 is 1.76 bits per heavy atom. The van der Waals surface area contributed by atoms with E-state index in [1.165, 1.54) is 23.1 Å². The summed E-state index contributed by atoms with van der Waals surface area (Å²) in [5.74, 6) is 0.319. The SMILES string of the molecule is O=C1CCCC2=C1C(c1ccccc1Cl)CC(=O)N2c1nnc(SCc2ccccc2Cl)s1. The molecule has 168 valence electrons. The van der Waals surface area contributed by atoms with Gasteiger partial charge in [0, 0.05) is 45.8 Å². The molecule has 1 aromatic heterocycles. The maximum atomic E-state index is 13.3. The molecule has 1 aliphatic carbocycles. The molecule has 2 aromatic carbocycles. The van der Waals surface area contributed by atoms with Crippen molar-refractivity contribution >= 4 is 63.1 Å². The highest BCUT2D eigenvalue weighted by Gasteiger charge is 2.41. The molecular formula is C24H19Cl2N3O2S2. The molecule has 2 heterocycles. The highest BCUT2D eigenvalue weighted by molar-refractivity contribution is 8.00. The average molecular weight is 516 g/mol. The first-order chi connectivity index (χ1) is 16.0. The van der Waals surface area contributed by atoms with Gasteiger partial charge in [0.15, 0.2) is 10.1 Å². The summed E-state index contributed by atoms with van der Waals surface area (Å²) in [6.45, 7) is 0. The molecule has 9 heteroatoms. The molecule has 1 aliphatic heterocycles. The Morgan fingerprint density at radius 1 is 1.00 bits per heavy atom. The number of aromatic nitrogens is 2. The molecule has 0 saturated carbocycles. The lowest BCUT2D eigenvalue weighted by Gasteiger charge is -2.37. The van der Waals surface area contributed by atoms with Crippen LogP contribution in [-0.2, 0) is 15.3 Å². The van der Waals surface area contributed by atoms with Gasteiger partial charge in [-0.25, -0.2) is 0 Å². The number of benzene rings is 2. The number of thioether (sulfide) groups is 1. The number of nitrogens with zero attached hydrogens (tertiary/aromatic N) is 3. The third kappa shape index (κ3) is 4.47. The van der Waals surface area contributed by atoms with Crippen molar-refractivity contribution in [3.05, 3.63) is 81.0 Å². The standard InChI is InChI=1S/C24H19Cl2N3O2S2/c25-17-8-3-1-6-14(17)13-32-24-28-27-23(33-24)29-19-10-5-11-20(30)22(19)16(12-21(29)31)15-7-2-4-9-18(15)26/h1-4,6-9,16H,5,10-13H2. The number of amides is 1. The quantitative estimate of drug-likeness (QED) is 0.280. The zero-order valence-electron chi connectivity index (χ0n) is 17.5. The van der Waals surface area contributed by atoms with E-state index in [9.17, 15) is 9.59 Å². The highest BCUT2D eigenvalue weighted by atomic mass is 35.5. The summed E-state index contributed by atoms with van der Waals surface area (Å²) in [4.78, 5) is 28.0. The normalized spacial score (nSPS) is 18.6. The van der Waals surface area contributed by atoms with Crippen LogP contribution in [0.3, 0.4) is 0 Å². The zero-order valence-corrected chi connectivity index (χ0v) is 20.6. The van der Waals surface area contributed by atoms with Crippen LogP contribution >= 0.6 is 46.3 Å². The predicted molar refractivity (Wildman–Crippen MR) is 133 cm³/mol. The fourth-order valence-electron chi connectivity index (χ4n) is 4.34. The predicted octanol–water partition coefficient (Wildman–Crippen LogP) is 6.66. The molecule has 0 bridgehead atoms. The monoisotopic (exact) mass is 515 g/mol. The van der Waals surface area contributed by atoms with Crippen molar-refractivity contribution in [3.63, 3.8) is 0 Å². The van der Waals surface area contributed by atoms with E-state index in [1.54, 1.807) is 11.0 Å². The van der Waals surface area contributed by atoms with E-state index in [0.717, 1.165) is 21.2 Å². The van der Waals surface area contributed by atoms with Crippen LogP contribution in [0, 0.1) is 0 Å². The van der Waals surface area contributed by atoms with Crippen molar-refractivity contribution in [2.45, 2.75) is 41.7 Å². The van der Waals surface area contributed by atoms with E-state index in [-0.39, 0.29) is 24.0 Å². The molecule has 1 unspecified atom stereocenters. The third-order valence-corrected chi connectivity index (χ3v) is 8.66. The number of anilines is 1. The summed E-state index contributed by atoms with van der Waals surface area (Å²) >= 11 is 15.6. The second-order valence-electron chi connectivity index (χ2n) is 7.88. The smallest absolute Gasteiger partial charge is 0.234 e. The zero-order chi connectivity index (χ0) is 22.9. The minimum absolute atomic E-state index is 0.0801. The van der Waals surface area contributed by atoms with Crippen molar-refractivity contribution in [1.82, 2.24) is 10.2 Å². The van der Waals surface area contributed by atoms with Gasteiger partial charge in [-0.05, 0) is 36.1 Å². The molecular weight excluding hydrogens is 497 g/mol. The summed E-state index contributed by atoms with van der Waals surface area (Å²) < 4.78 is 0.746. The molecule has 0 saturated heterocycles. The number of hydrogen-bond acceptors (Lipinski definition) is 6. The fraction of sp³-hybridized carbons (Fsp3) is 0.250. The molecule has 1 atom stereocenters. The van der Waals surface area contributed by atoms with Crippen molar-refractivity contribution in [1.29, 1.82) is 0 Å². The number of carbonyl (C=O) groups is 2. The first-order valence-electron chi connectivity index (χ1n) is 10.6. The minimum Gasteiger partial charge on any atom is -0.294 e. The van der Waals surface area contributed by atoms with Crippen LogP contribution in [0.2, 0.25) is 10.0 Å². The second-order valence-corrected chi connectivity index (χ2v) is 10.9. The Kier molecular flexibility index (Phi) is 6.56. The first kappa shape index (κ1) is 22.6. The Hall–Kier alpha value is -2.19. The molecule has 1 amide bonds. The fourth-order valence-corrected chi connectivity index (χ4v) is 6.78. The largest absolute Gasteiger partial charge is 0.294 e. The molecule has 0 spiro atoms. The molecule has 2 aliphatic rings. The molecule has 33 heavy (non-hydrogen) atoms. The van der Waals surface area contributed by atoms with Gasteiger partial charge < -0.3 is 0 Å². The van der Waals surface area contributed by atoms with E-state index >= 15 is 0 Å². The number of hydrogen-bond donors (Lipinski definition) is 0. The summed E-state index contributed by atoms with van der Waals surface area (Å²) in [6, 6.07) is 15.1. The van der Waals surface area contributed by atoms with Gasteiger partial charge in [0.1, 0.15) is 0 Å². The number of halogens is 2. The van der Waals surface area contributed by atoms with Gasteiger partial charge in [0.05, 0.1) is 0 Å². The Bertz CT molecular complexity index is 1270. The number of allylic oxidation sites excluding steroid dienone is 2. The maximum Gasteiger partial charge on any atom is 0.234 e. The van der Waals surface area contributed by atoms with E-state index in [2.05, 4.69) is 10.2 Å². The van der Waals surface area contributed by atoms with Crippen LogP contribution in [0.15, 0.2) is 64.1 Å². The van der Waals surface area contributed by atoms with Gasteiger partial charge in [0.25, 0.3) is 0 Å². The summed E-state index contributed by atoms with van der Waals surface area (Å²) in [5, 5.41) is 10.4. The third-order valence-electron chi connectivity index (χ3n) is 5.85. The summed E-state index contributed by atoms with van der Waals surface area (Å²) in [6.07, 6.45) is 2.02. The summed E-state index contributed by atoms with van der Waals surface area (Å²) in [7, 11) is 0. The Labute approximate surface area is 209 Å². The minimum atomic E-state index is -0.327. The average Bonchev–Trinajstić information content (AvgIpc) is 3.27. The van der Waals surface area contributed by atoms with Crippen LogP contribution in [0.5, 0.6) is 0 Å². The number of ketones is 1. The topological polar surface area (TPSA) is 63.2 Å². The molecule has 5 nitrogen and oxygen atoms in total. The van der Waals surface area contributed by atoms with Crippen LogP contribution in [0.1, 0.15) is 42.7 Å². The first-order valence-corrected chi connectivity index (χ1v) is 13.1. The van der Waals surface area contributed by atoms with E-state index in [4.69, 9.17) is 23.2 Å². The van der Waals surface area contributed by atoms with Crippen LogP contribution in [0.25, 0.3) is 0 Å². The van der Waals surface area contributed by atoms with Gasteiger partial charge in [-0.2, -0.15) is 0 Å². The lowest BCUT2D eigenvalue weighted by atomic mass is 9.77. The lowest BCUT2D eigenvalue weighted by Crippen LogP contribution is -2.40. The lowest BCUT2D eigenvalue weighted by molar-refractivity contribution is -0.119. The number of carbonyl (C=O) groups excluding carboxylic acids is 2. The van der Waals surface area contributed by atoms with E-state index < -0.39 is 0 Å². The summed E-state index contributed by atoms with van der Waals surface area (Å²) in [5.41, 5.74) is 3.27. The van der Waals surface area contributed by atoms with Gasteiger partial charge in [-0.1, -0.05) is 82.7 Å². The van der Waals surface area contributed by atoms with Gasteiger partial charge in [-0.15, -0.1) is 10.2 Å². The highest BCUT2D eigenvalue weighted by Crippen LogP contribution is 2.46. The molecule has 0 fully saturated rings. The molecule has 0 radical (unpaired) electrons. The maximum absolute atomic E-state index is 13.3. The van der Waals surface area contributed by atoms with Crippen LogP contribution < -0.4 is 4.90 Å². The van der Waals surface area contributed by atoms with Crippen molar-refractivity contribution < 1.29 is 9.59 Å². The van der Waals surface area contributed by atoms with Crippen LogP contribution in [-0.4, -0.2) is 21.9 Å². The molecule has 0 N–H and O–H groups in total. The molecule has 3 aromatic rings. The van der Waals surface area contributed by atoms with Crippen molar-refractivity contribution in [2.75, 3.05) is 4.90 Å². The van der Waals surface area contributed by atoms with E-state index in [1.807, 2.05) is 42.5 Å². The van der Waals surface area contributed by atoms with Gasteiger partial charge >= 0.3 is 0 Å². The van der Waals surface area contributed by atoms with Crippen molar-refractivity contribution in [2.24, 2.45) is 0 Å². The second kappa shape index (κ2) is 9.58. The van der Waals surface area contributed by atoms with E-state index in [0.29, 0.717) is 45.8 Å². The Morgan fingerprint density at radius 3 is 2.55 bits per heavy atom. The number of rotatable bonds is 5. The van der Waals surface area contributed by atoms with Crippen molar-refractivity contribution in [3.8, 4) is 0 Å². The number of Topliss-reactive ketones (excluding diaryl/α,β-unsaturated/α-hetero) is 1.